The van der Waals surface area contributed by atoms with Crippen LogP contribution in [0.5, 0.6) is 0 Å². The molecule has 0 saturated carbocycles. The standard InChI is InChI=1S/C17H17N3O3/c1-11-9-14-15(23-11)5-8-20(17(14)22)12(2)16(21)19-10-13-3-6-18-7-4-13/h3-9,12H,10H2,1-2H3,(H,19,21). The van der Waals surface area contributed by atoms with Crippen molar-refractivity contribution in [1.82, 2.24) is 14.9 Å². The Kier molecular flexibility index (Phi) is 3.97. The topological polar surface area (TPSA) is 77.1 Å². The summed E-state index contributed by atoms with van der Waals surface area (Å²) in [7, 11) is 0. The van der Waals surface area contributed by atoms with E-state index in [2.05, 4.69) is 10.3 Å². The Morgan fingerprint density at radius 2 is 2.09 bits per heavy atom. The molecule has 0 fully saturated rings. The molecule has 0 saturated heterocycles. The predicted molar refractivity (Wildman–Crippen MR) is 86.0 cm³/mol. The molecule has 0 aliphatic rings. The first-order valence-electron chi connectivity index (χ1n) is 7.34. The van der Waals surface area contributed by atoms with E-state index in [1.165, 1.54) is 4.57 Å². The number of furan rings is 1. The van der Waals surface area contributed by atoms with E-state index in [4.69, 9.17) is 4.42 Å². The molecular formula is C17H17N3O3. The summed E-state index contributed by atoms with van der Waals surface area (Å²) >= 11 is 0. The molecule has 1 amide bonds. The lowest BCUT2D eigenvalue weighted by Crippen LogP contribution is -2.35. The van der Waals surface area contributed by atoms with Gasteiger partial charge >= 0.3 is 0 Å². The second-order valence-electron chi connectivity index (χ2n) is 5.41. The zero-order valence-corrected chi connectivity index (χ0v) is 12.9. The van der Waals surface area contributed by atoms with Crippen LogP contribution in [-0.2, 0) is 11.3 Å². The number of carbonyl (C=O) groups is 1. The molecular weight excluding hydrogens is 294 g/mol. The van der Waals surface area contributed by atoms with E-state index in [0.29, 0.717) is 23.3 Å². The molecule has 6 nitrogen and oxygen atoms in total. The van der Waals surface area contributed by atoms with Gasteiger partial charge in [0.25, 0.3) is 5.56 Å². The molecule has 0 spiro atoms. The smallest absolute Gasteiger partial charge is 0.262 e. The molecule has 1 atom stereocenters. The molecule has 3 rings (SSSR count). The maximum absolute atomic E-state index is 12.5. The number of pyridine rings is 2. The first kappa shape index (κ1) is 15.0. The van der Waals surface area contributed by atoms with Crippen molar-refractivity contribution < 1.29 is 9.21 Å². The monoisotopic (exact) mass is 311 g/mol. The summed E-state index contributed by atoms with van der Waals surface area (Å²) in [5.74, 6) is 0.452. The van der Waals surface area contributed by atoms with Crippen LogP contribution < -0.4 is 10.9 Å². The van der Waals surface area contributed by atoms with Gasteiger partial charge in [0.15, 0.2) is 0 Å². The molecule has 0 aromatic carbocycles. The molecule has 0 aliphatic heterocycles. The SMILES string of the molecule is Cc1cc2c(=O)n(C(C)C(=O)NCc3ccncc3)ccc2o1. The maximum Gasteiger partial charge on any atom is 0.262 e. The summed E-state index contributed by atoms with van der Waals surface area (Å²) in [6.07, 6.45) is 4.93. The van der Waals surface area contributed by atoms with E-state index in [0.717, 1.165) is 5.56 Å². The highest BCUT2D eigenvalue weighted by atomic mass is 16.3. The fourth-order valence-corrected chi connectivity index (χ4v) is 2.45. The van der Waals surface area contributed by atoms with Gasteiger partial charge in [-0.1, -0.05) is 0 Å². The first-order chi connectivity index (χ1) is 11.1. The average molecular weight is 311 g/mol. The van der Waals surface area contributed by atoms with Gasteiger partial charge in [0.05, 0.1) is 5.39 Å². The van der Waals surface area contributed by atoms with E-state index in [1.54, 1.807) is 44.6 Å². The van der Waals surface area contributed by atoms with Crippen molar-refractivity contribution >= 4 is 16.9 Å². The average Bonchev–Trinajstić information content (AvgIpc) is 2.95. The fraction of sp³-hybridized carbons (Fsp3) is 0.235. The molecule has 3 heterocycles. The number of hydrogen-bond donors (Lipinski definition) is 1. The van der Waals surface area contributed by atoms with Crippen LogP contribution in [0.1, 0.15) is 24.3 Å². The summed E-state index contributed by atoms with van der Waals surface area (Å²) in [5.41, 5.74) is 1.26. The Morgan fingerprint density at radius 3 is 2.83 bits per heavy atom. The zero-order valence-electron chi connectivity index (χ0n) is 12.9. The Morgan fingerprint density at radius 1 is 1.35 bits per heavy atom. The first-order valence-corrected chi connectivity index (χ1v) is 7.34. The third-order valence-corrected chi connectivity index (χ3v) is 3.75. The van der Waals surface area contributed by atoms with Crippen molar-refractivity contribution in [1.29, 1.82) is 0 Å². The third kappa shape index (κ3) is 3.01. The lowest BCUT2D eigenvalue weighted by atomic mass is 10.2. The highest BCUT2D eigenvalue weighted by Crippen LogP contribution is 2.16. The maximum atomic E-state index is 12.5. The van der Waals surface area contributed by atoms with Gasteiger partial charge in [0, 0.05) is 25.1 Å². The molecule has 0 bridgehead atoms. The quantitative estimate of drug-likeness (QED) is 0.801. The molecule has 23 heavy (non-hydrogen) atoms. The molecule has 3 aromatic rings. The number of nitrogens with zero attached hydrogens (tertiary/aromatic N) is 2. The van der Waals surface area contributed by atoms with Gasteiger partial charge in [0.2, 0.25) is 5.91 Å². The van der Waals surface area contributed by atoms with E-state index >= 15 is 0 Å². The van der Waals surface area contributed by atoms with Gasteiger partial charge in [-0.15, -0.1) is 0 Å². The number of fused-ring (bicyclic) bond motifs is 1. The summed E-state index contributed by atoms with van der Waals surface area (Å²) in [5, 5.41) is 3.31. The zero-order chi connectivity index (χ0) is 16.4. The van der Waals surface area contributed by atoms with Gasteiger partial charge in [0.1, 0.15) is 17.4 Å². The van der Waals surface area contributed by atoms with Gasteiger partial charge < -0.3 is 14.3 Å². The number of rotatable bonds is 4. The van der Waals surface area contributed by atoms with Crippen LogP contribution in [0.15, 0.2) is 52.1 Å². The van der Waals surface area contributed by atoms with E-state index in [9.17, 15) is 9.59 Å². The second-order valence-corrected chi connectivity index (χ2v) is 5.41. The number of aryl methyl sites for hydroxylation is 1. The highest BCUT2D eigenvalue weighted by molar-refractivity contribution is 5.81. The minimum absolute atomic E-state index is 0.219. The minimum Gasteiger partial charge on any atom is -0.461 e. The van der Waals surface area contributed by atoms with Crippen LogP contribution in [0, 0.1) is 6.92 Å². The van der Waals surface area contributed by atoms with Crippen LogP contribution in [0.2, 0.25) is 0 Å². The van der Waals surface area contributed by atoms with Crippen molar-refractivity contribution in [3.63, 3.8) is 0 Å². The lowest BCUT2D eigenvalue weighted by Gasteiger charge is -2.15. The molecule has 118 valence electrons. The van der Waals surface area contributed by atoms with Crippen molar-refractivity contribution in [3.8, 4) is 0 Å². The second kappa shape index (κ2) is 6.08. The fourth-order valence-electron chi connectivity index (χ4n) is 2.45. The van der Waals surface area contributed by atoms with Gasteiger partial charge in [-0.2, -0.15) is 0 Å². The van der Waals surface area contributed by atoms with Crippen LogP contribution in [0.4, 0.5) is 0 Å². The summed E-state index contributed by atoms with van der Waals surface area (Å²) in [6, 6.07) is 6.45. The Balaban J connectivity index is 1.79. The Hall–Kier alpha value is -2.89. The van der Waals surface area contributed by atoms with Gasteiger partial charge in [-0.3, -0.25) is 14.6 Å². The Labute approximate surface area is 132 Å². The Bertz CT molecular complexity index is 896. The number of aromatic nitrogens is 2. The molecule has 3 aromatic heterocycles. The summed E-state index contributed by atoms with van der Waals surface area (Å²) < 4.78 is 6.85. The van der Waals surface area contributed by atoms with Crippen LogP contribution in [0.25, 0.3) is 11.0 Å². The van der Waals surface area contributed by atoms with Crippen molar-refractivity contribution in [3.05, 3.63) is 64.5 Å². The van der Waals surface area contributed by atoms with Crippen molar-refractivity contribution in [2.24, 2.45) is 0 Å². The van der Waals surface area contributed by atoms with Gasteiger partial charge in [-0.05, 0) is 43.7 Å². The minimum atomic E-state index is -0.607. The van der Waals surface area contributed by atoms with Crippen molar-refractivity contribution in [2.75, 3.05) is 0 Å². The summed E-state index contributed by atoms with van der Waals surface area (Å²) in [6.45, 7) is 3.88. The third-order valence-electron chi connectivity index (χ3n) is 3.75. The normalized spacial score (nSPS) is 12.3. The van der Waals surface area contributed by atoms with E-state index < -0.39 is 6.04 Å². The van der Waals surface area contributed by atoms with Crippen molar-refractivity contribution in [2.45, 2.75) is 26.4 Å². The number of carbonyl (C=O) groups excluding carboxylic acids is 1. The molecule has 0 aliphatic carbocycles. The van der Waals surface area contributed by atoms with Crippen LogP contribution in [0.3, 0.4) is 0 Å². The highest BCUT2D eigenvalue weighted by Gasteiger charge is 2.17. The van der Waals surface area contributed by atoms with E-state index in [1.807, 2.05) is 12.1 Å². The molecule has 1 N–H and O–H groups in total. The van der Waals surface area contributed by atoms with E-state index in [-0.39, 0.29) is 11.5 Å². The molecule has 6 heteroatoms. The number of amides is 1. The largest absolute Gasteiger partial charge is 0.461 e. The number of hydrogen-bond acceptors (Lipinski definition) is 4. The number of nitrogens with one attached hydrogen (secondary N) is 1. The predicted octanol–water partition coefficient (Wildman–Crippen LogP) is 2.18. The van der Waals surface area contributed by atoms with Gasteiger partial charge in [-0.25, -0.2) is 0 Å². The van der Waals surface area contributed by atoms with Crippen LogP contribution >= 0.6 is 0 Å². The molecule has 0 radical (unpaired) electrons. The summed E-state index contributed by atoms with van der Waals surface area (Å²) in [4.78, 5) is 28.7. The lowest BCUT2D eigenvalue weighted by molar-refractivity contribution is -0.124. The van der Waals surface area contributed by atoms with Crippen LogP contribution in [-0.4, -0.2) is 15.5 Å². The molecule has 1 unspecified atom stereocenters.